The van der Waals surface area contributed by atoms with Crippen LogP contribution in [0.4, 0.5) is 11.4 Å². The molecule has 0 saturated carbocycles. The second-order valence-corrected chi connectivity index (χ2v) is 9.47. The first-order chi connectivity index (χ1) is 13.8. The van der Waals surface area contributed by atoms with Gasteiger partial charge >= 0.3 is 0 Å². The third kappa shape index (κ3) is 3.52. The van der Waals surface area contributed by atoms with Gasteiger partial charge in [-0.2, -0.15) is 0 Å². The molecule has 0 aliphatic carbocycles. The number of rotatable bonds is 5. The van der Waals surface area contributed by atoms with E-state index in [-0.39, 0.29) is 0 Å². The van der Waals surface area contributed by atoms with Gasteiger partial charge in [0.25, 0.3) is 0 Å². The van der Waals surface area contributed by atoms with Crippen molar-refractivity contribution in [1.29, 1.82) is 0 Å². The van der Waals surface area contributed by atoms with Crippen molar-refractivity contribution in [3.05, 3.63) is 46.9 Å². The molecule has 1 atom stereocenters. The minimum absolute atomic E-state index is 0.638. The molecular formula is C22H24N4S2. The van der Waals surface area contributed by atoms with Crippen molar-refractivity contribution in [2.24, 2.45) is 0 Å². The van der Waals surface area contributed by atoms with E-state index in [0.717, 1.165) is 21.7 Å². The summed E-state index contributed by atoms with van der Waals surface area (Å²) in [5.41, 5.74) is 5.15. The Balaban J connectivity index is 1.43. The standard InChI is InChI=1S/C22H24N4S2/c1-2-9-26-10-3-4-15(13-26)21-12-17-18(7-8-23-22(17)28-21)25-16-5-6-20-19(11-16)24-14-27-20/h5-8,11-12,14-15H,2-4,9-10,13H2,1H3,(H,23,25)/t15-/m1/s1. The van der Waals surface area contributed by atoms with Gasteiger partial charge in [-0.15, -0.1) is 22.7 Å². The molecule has 6 heteroatoms. The Labute approximate surface area is 173 Å². The van der Waals surface area contributed by atoms with E-state index in [1.54, 1.807) is 11.3 Å². The predicted molar refractivity (Wildman–Crippen MR) is 121 cm³/mol. The summed E-state index contributed by atoms with van der Waals surface area (Å²) >= 11 is 3.54. The van der Waals surface area contributed by atoms with E-state index in [9.17, 15) is 0 Å². The van der Waals surface area contributed by atoms with E-state index in [1.807, 2.05) is 23.0 Å². The number of thiazole rings is 1. The fourth-order valence-electron chi connectivity index (χ4n) is 4.17. The third-order valence-electron chi connectivity index (χ3n) is 5.51. The highest BCUT2D eigenvalue weighted by Crippen LogP contribution is 2.38. The summed E-state index contributed by atoms with van der Waals surface area (Å²) in [6, 6.07) is 10.8. The minimum Gasteiger partial charge on any atom is -0.355 e. The largest absolute Gasteiger partial charge is 0.355 e. The Hall–Kier alpha value is -2.02. The minimum atomic E-state index is 0.638. The molecule has 0 unspecified atom stereocenters. The Morgan fingerprint density at radius 1 is 1.21 bits per heavy atom. The van der Waals surface area contributed by atoms with E-state index in [0.29, 0.717) is 5.92 Å². The zero-order valence-corrected chi connectivity index (χ0v) is 17.7. The molecular weight excluding hydrogens is 384 g/mol. The van der Waals surface area contributed by atoms with Crippen LogP contribution in [0.3, 0.4) is 0 Å². The lowest BCUT2D eigenvalue weighted by Crippen LogP contribution is -2.34. The number of aromatic nitrogens is 2. The van der Waals surface area contributed by atoms with Gasteiger partial charge in [-0.25, -0.2) is 9.97 Å². The lowest BCUT2D eigenvalue weighted by Gasteiger charge is -2.31. The van der Waals surface area contributed by atoms with Gasteiger partial charge in [-0.1, -0.05) is 6.92 Å². The average molecular weight is 409 g/mol. The number of piperidine rings is 1. The number of fused-ring (bicyclic) bond motifs is 2. The number of hydrogen-bond acceptors (Lipinski definition) is 6. The zero-order valence-electron chi connectivity index (χ0n) is 16.0. The number of anilines is 2. The van der Waals surface area contributed by atoms with Crippen LogP contribution in [0.2, 0.25) is 0 Å². The number of thiophene rings is 1. The number of benzene rings is 1. The Bertz CT molecular complexity index is 1100. The summed E-state index contributed by atoms with van der Waals surface area (Å²) in [5, 5.41) is 4.83. The maximum absolute atomic E-state index is 4.65. The highest BCUT2D eigenvalue weighted by Gasteiger charge is 2.23. The molecule has 4 nitrogen and oxygen atoms in total. The van der Waals surface area contributed by atoms with Gasteiger partial charge in [-0.05, 0) is 62.7 Å². The topological polar surface area (TPSA) is 41.0 Å². The van der Waals surface area contributed by atoms with E-state index in [1.165, 1.54) is 53.9 Å². The molecule has 0 amide bonds. The number of nitrogens with zero attached hydrogens (tertiary/aromatic N) is 3. The second kappa shape index (κ2) is 7.78. The van der Waals surface area contributed by atoms with Crippen LogP contribution < -0.4 is 5.32 Å². The highest BCUT2D eigenvalue weighted by atomic mass is 32.1. The number of pyridine rings is 1. The number of likely N-dealkylation sites (tertiary alicyclic amines) is 1. The number of nitrogens with one attached hydrogen (secondary N) is 1. The van der Waals surface area contributed by atoms with Crippen molar-refractivity contribution in [2.45, 2.75) is 32.1 Å². The Morgan fingerprint density at radius 2 is 2.18 bits per heavy atom. The SMILES string of the molecule is CCCN1CCC[C@@H](c2cc3c(Nc4ccc5scnc5c4)ccnc3s2)C1. The lowest BCUT2D eigenvalue weighted by molar-refractivity contribution is 0.210. The molecule has 1 aliphatic rings. The average Bonchev–Trinajstić information content (AvgIpc) is 3.35. The third-order valence-corrected chi connectivity index (χ3v) is 7.53. The van der Waals surface area contributed by atoms with Gasteiger partial charge in [0.05, 0.1) is 21.4 Å². The molecule has 1 aliphatic heterocycles. The molecule has 1 saturated heterocycles. The molecule has 4 heterocycles. The second-order valence-electron chi connectivity index (χ2n) is 7.53. The predicted octanol–water partition coefficient (Wildman–Crippen LogP) is 6.24. The van der Waals surface area contributed by atoms with Crippen LogP contribution in [-0.2, 0) is 0 Å². The van der Waals surface area contributed by atoms with Gasteiger partial charge in [0, 0.05) is 34.6 Å². The van der Waals surface area contributed by atoms with Crippen LogP contribution in [-0.4, -0.2) is 34.5 Å². The van der Waals surface area contributed by atoms with Gasteiger partial charge < -0.3 is 10.2 Å². The van der Waals surface area contributed by atoms with Crippen molar-refractivity contribution < 1.29 is 0 Å². The van der Waals surface area contributed by atoms with Crippen LogP contribution in [0.5, 0.6) is 0 Å². The molecule has 1 N–H and O–H groups in total. The van der Waals surface area contributed by atoms with Crippen molar-refractivity contribution in [3.63, 3.8) is 0 Å². The van der Waals surface area contributed by atoms with E-state index in [2.05, 4.69) is 57.4 Å². The van der Waals surface area contributed by atoms with E-state index in [4.69, 9.17) is 0 Å². The Kier molecular flexibility index (Phi) is 5.01. The van der Waals surface area contributed by atoms with E-state index >= 15 is 0 Å². The van der Waals surface area contributed by atoms with Crippen molar-refractivity contribution in [1.82, 2.24) is 14.9 Å². The summed E-state index contributed by atoms with van der Waals surface area (Å²) in [6.45, 7) is 5.92. The maximum atomic E-state index is 4.65. The molecule has 0 spiro atoms. The molecule has 3 aromatic heterocycles. The fraction of sp³-hybridized carbons (Fsp3) is 0.364. The summed E-state index contributed by atoms with van der Waals surface area (Å²) in [7, 11) is 0. The monoisotopic (exact) mass is 408 g/mol. The summed E-state index contributed by atoms with van der Waals surface area (Å²) < 4.78 is 1.22. The normalized spacial score (nSPS) is 18.1. The van der Waals surface area contributed by atoms with Crippen LogP contribution in [0.25, 0.3) is 20.4 Å². The smallest absolute Gasteiger partial charge is 0.125 e. The van der Waals surface area contributed by atoms with Gasteiger partial charge in [0.1, 0.15) is 4.83 Å². The fourth-order valence-corrected chi connectivity index (χ4v) is 5.98. The number of hydrogen-bond donors (Lipinski definition) is 1. The van der Waals surface area contributed by atoms with Crippen LogP contribution in [0.15, 0.2) is 42.0 Å². The zero-order chi connectivity index (χ0) is 18.9. The molecule has 28 heavy (non-hydrogen) atoms. The van der Waals surface area contributed by atoms with Crippen molar-refractivity contribution in [2.75, 3.05) is 25.0 Å². The van der Waals surface area contributed by atoms with E-state index < -0.39 is 0 Å². The molecule has 4 aromatic rings. The summed E-state index contributed by atoms with van der Waals surface area (Å²) in [6.07, 6.45) is 5.73. The molecule has 0 radical (unpaired) electrons. The maximum Gasteiger partial charge on any atom is 0.125 e. The van der Waals surface area contributed by atoms with Crippen LogP contribution >= 0.6 is 22.7 Å². The van der Waals surface area contributed by atoms with Crippen LogP contribution in [0, 0.1) is 0 Å². The molecule has 1 fully saturated rings. The molecule has 5 rings (SSSR count). The first-order valence-electron chi connectivity index (χ1n) is 10.0. The molecule has 144 valence electrons. The quantitative estimate of drug-likeness (QED) is 0.424. The first-order valence-corrected chi connectivity index (χ1v) is 11.7. The van der Waals surface area contributed by atoms with Crippen molar-refractivity contribution in [3.8, 4) is 0 Å². The van der Waals surface area contributed by atoms with Gasteiger partial charge in [0.2, 0.25) is 0 Å². The summed E-state index contributed by atoms with van der Waals surface area (Å²) in [5.74, 6) is 0.638. The Morgan fingerprint density at radius 3 is 3.11 bits per heavy atom. The van der Waals surface area contributed by atoms with Gasteiger partial charge in [-0.3, -0.25) is 0 Å². The van der Waals surface area contributed by atoms with Crippen LogP contribution in [0.1, 0.15) is 37.0 Å². The van der Waals surface area contributed by atoms with Crippen molar-refractivity contribution >= 4 is 54.5 Å². The lowest BCUT2D eigenvalue weighted by atomic mass is 9.96. The summed E-state index contributed by atoms with van der Waals surface area (Å²) in [4.78, 5) is 14.3. The molecule has 0 bridgehead atoms. The molecule has 1 aromatic carbocycles. The first kappa shape index (κ1) is 18.0. The van der Waals surface area contributed by atoms with Gasteiger partial charge in [0.15, 0.2) is 0 Å². The highest BCUT2D eigenvalue weighted by molar-refractivity contribution is 7.18.